The number of allylic oxidation sites excluding steroid dienone is 1. The lowest BCUT2D eigenvalue weighted by Crippen LogP contribution is -2.29. The van der Waals surface area contributed by atoms with Gasteiger partial charge in [0.1, 0.15) is 5.75 Å². The van der Waals surface area contributed by atoms with Crippen LogP contribution in [0.3, 0.4) is 0 Å². The number of ether oxygens (including phenoxy) is 1. The van der Waals surface area contributed by atoms with Crippen LogP contribution < -0.4 is 10.1 Å². The molecule has 0 amide bonds. The van der Waals surface area contributed by atoms with E-state index in [9.17, 15) is 0 Å². The zero-order chi connectivity index (χ0) is 13.9. The minimum Gasteiger partial charge on any atom is -0.497 e. The van der Waals surface area contributed by atoms with Gasteiger partial charge in [0.15, 0.2) is 0 Å². The van der Waals surface area contributed by atoms with E-state index in [1.165, 1.54) is 24.8 Å². The Morgan fingerprint density at radius 2 is 2.00 bits per heavy atom. The van der Waals surface area contributed by atoms with Crippen LogP contribution in [-0.4, -0.2) is 19.7 Å². The first-order valence-corrected chi connectivity index (χ1v) is 7.27. The maximum absolute atomic E-state index is 5.18. The maximum atomic E-state index is 5.18. The van der Waals surface area contributed by atoms with Crippen molar-refractivity contribution in [1.82, 2.24) is 5.32 Å². The molecule has 0 aliphatic heterocycles. The highest BCUT2D eigenvalue weighted by atomic mass is 16.5. The topological polar surface area (TPSA) is 21.3 Å². The van der Waals surface area contributed by atoms with Gasteiger partial charge in [0.05, 0.1) is 7.11 Å². The van der Waals surface area contributed by atoms with Gasteiger partial charge >= 0.3 is 0 Å². The monoisotopic (exact) mass is 261 g/mol. The number of unbranched alkanes of at least 4 members (excludes halogenated alkanes) is 1. The number of hydrogen-bond acceptors (Lipinski definition) is 2. The number of hydrogen-bond donors (Lipinski definition) is 1. The third-order valence-electron chi connectivity index (χ3n) is 3.39. The maximum Gasteiger partial charge on any atom is 0.118 e. The molecular formula is C17H27NO. The van der Waals surface area contributed by atoms with Gasteiger partial charge in [0, 0.05) is 6.04 Å². The fourth-order valence-electron chi connectivity index (χ4n) is 2.28. The highest BCUT2D eigenvalue weighted by molar-refractivity contribution is 5.27. The summed E-state index contributed by atoms with van der Waals surface area (Å²) in [5, 5.41) is 3.58. The zero-order valence-electron chi connectivity index (χ0n) is 12.3. The molecular weight excluding hydrogens is 234 g/mol. The van der Waals surface area contributed by atoms with E-state index in [1.807, 2.05) is 18.2 Å². The Kier molecular flexibility index (Phi) is 7.99. The molecule has 0 spiro atoms. The summed E-state index contributed by atoms with van der Waals surface area (Å²) in [6.45, 7) is 7.00. The van der Waals surface area contributed by atoms with E-state index in [-0.39, 0.29) is 0 Å². The fraction of sp³-hybridized carbons (Fsp3) is 0.529. The Bertz CT molecular complexity index is 345. The lowest BCUT2D eigenvalue weighted by atomic mass is 10.0. The Hall–Kier alpha value is -1.28. The van der Waals surface area contributed by atoms with E-state index < -0.39 is 0 Å². The Morgan fingerprint density at radius 3 is 2.58 bits per heavy atom. The number of benzene rings is 1. The van der Waals surface area contributed by atoms with Gasteiger partial charge in [-0.15, -0.1) is 6.58 Å². The minimum absolute atomic E-state index is 0.618. The lowest BCUT2D eigenvalue weighted by Gasteiger charge is -2.17. The van der Waals surface area contributed by atoms with Gasteiger partial charge in [-0.2, -0.15) is 0 Å². The van der Waals surface area contributed by atoms with E-state index in [0.29, 0.717) is 6.04 Å². The highest BCUT2D eigenvalue weighted by Crippen LogP contribution is 2.14. The van der Waals surface area contributed by atoms with Gasteiger partial charge in [-0.1, -0.05) is 25.1 Å². The van der Waals surface area contributed by atoms with Crippen LogP contribution in [-0.2, 0) is 6.42 Å². The Morgan fingerprint density at radius 1 is 1.26 bits per heavy atom. The molecule has 1 aromatic rings. The third-order valence-corrected chi connectivity index (χ3v) is 3.39. The van der Waals surface area contributed by atoms with Gasteiger partial charge in [0.25, 0.3) is 0 Å². The van der Waals surface area contributed by atoms with Crippen molar-refractivity contribution in [3.05, 3.63) is 42.5 Å². The molecule has 0 saturated carbocycles. The standard InChI is InChI=1S/C17H27NO/c1-4-6-7-8-16(18-5-2)12-9-15-10-13-17(19-3)14-11-15/h4,10-11,13-14,16,18H,1,5-9,12H2,2-3H3. The molecule has 1 unspecified atom stereocenters. The van der Waals surface area contributed by atoms with E-state index in [0.717, 1.165) is 25.1 Å². The van der Waals surface area contributed by atoms with Crippen molar-refractivity contribution < 1.29 is 4.74 Å². The summed E-state index contributed by atoms with van der Waals surface area (Å²) >= 11 is 0. The molecule has 0 aliphatic carbocycles. The molecule has 19 heavy (non-hydrogen) atoms. The van der Waals surface area contributed by atoms with Crippen molar-refractivity contribution in [2.24, 2.45) is 0 Å². The molecule has 1 aromatic carbocycles. The molecule has 0 radical (unpaired) electrons. The second-order valence-corrected chi connectivity index (χ2v) is 4.86. The Balaban J connectivity index is 2.38. The van der Waals surface area contributed by atoms with Crippen LogP contribution in [0.5, 0.6) is 5.75 Å². The molecule has 106 valence electrons. The number of aryl methyl sites for hydroxylation is 1. The van der Waals surface area contributed by atoms with Crippen molar-refractivity contribution in [2.45, 2.75) is 45.1 Å². The second-order valence-electron chi connectivity index (χ2n) is 4.86. The van der Waals surface area contributed by atoms with Gasteiger partial charge in [-0.3, -0.25) is 0 Å². The van der Waals surface area contributed by atoms with E-state index >= 15 is 0 Å². The van der Waals surface area contributed by atoms with Crippen LogP contribution in [0, 0.1) is 0 Å². The predicted octanol–water partition coefficient (Wildman–Crippen LogP) is 3.96. The summed E-state index contributed by atoms with van der Waals surface area (Å²) in [6.07, 6.45) is 7.89. The molecule has 0 heterocycles. The smallest absolute Gasteiger partial charge is 0.118 e. The highest BCUT2D eigenvalue weighted by Gasteiger charge is 2.07. The zero-order valence-corrected chi connectivity index (χ0v) is 12.3. The molecule has 0 saturated heterocycles. The molecule has 0 fully saturated rings. The Labute approximate surface area is 117 Å². The summed E-state index contributed by atoms with van der Waals surface area (Å²) in [7, 11) is 1.70. The first kappa shape index (κ1) is 15.8. The number of rotatable bonds is 10. The molecule has 2 heteroatoms. The predicted molar refractivity (Wildman–Crippen MR) is 82.8 cm³/mol. The van der Waals surface area contributed by atoms with Crippen LogP contribution in [0.25, 0.3) is 0 Å². The third kappa shape index (κ3) is 6.44. The first-order chi connectivity index (χ1) is 9.30. The molecule has 0 bridgehead atoms. The van der Waals surface area contributed by atoms with E-state index in [4.69, 9.17) is 4.74 Å². The van der Waals surface area contributed by atoms with Crippen molar-refractivity contribution in [3.63, 3.8) is 0 Å². The van der Waals surface area contributed by atoms with Gasteiger partial charge in [0.2, 0.25) is 0 Å². The van der Waals surface area contributed by atoms with Crippen molar-refractivity contribution in [3.8, 4) is 5.75 Å². The lowest BCUT2D eigenvalue weighted by molar-refractivity contribution is 0.414. The van der Waals surface area contributed by atoms with Crippen LogP contribution in [0.2, 0.25) is 0 Å². The summed E-state index contributed by atoms with van der Waals surface area (Å²) < 4.78 is 5.18. The van der Waals surface area contributed by atoms with Crippen molar-refractivity contribution in [2.75, 3.05) is 13.7 Å². The fourth-order valence-corrected chi connectivity index (χ4v) is 2.28. The van der Waals surface area contributed by atoms with Gasteiger partial charge in [-0.25, -0.2) is 0 Å². The van der Waals surface area contributed by atoms with Crippen molar-refractivity contribution >= 4 is 0 Å². The molecule has 2 nitrogen and oxygen atoms in total. The summed E-state index contributed by atoms with van der Waals surface area (Å²) in [5.41, 5.74) is 1.38. The number of nitrogens with one attached hydrogen (secondary N) is 1. The summed E-state index contributed by atoms with van der Waals surface area (Å²) in [6, 6.07) is 9.01. The molecule has 1 N–H and O–H groups in total. The minimum atomic E-state index is 0.618. The summed E-state index contributed by atoms with van der Waals surface area (Å²) in [5.74, 6) is 0.929. The normalized spacial score (nSPS) is 12.1. The van der Waals surface area contributed by atoms with Crippen LogP contribution in [0.4, 0.5) is 0 Å². The number of methoxy groups -OCH3 is 1. The average molecular weight is 261 g/mol. The summed E-state index contributed by atoms with van der Waals surface area (Å²) in [4.78, 5) is 0. The van der Waals surface area contributed by atoms with Gasteiger partial charge in [-0.05, 0) is 56.3 Å². The molecule has 1 atom stereocenters. The van der Waals surface area contributed by atoms with E-state index in [1.54, 1.807) is 7.11 Å². The average Bonchev–Trinajstić information content (AvgIpc) is 2.45. The first-order valence-electron chi connectivity index (χ1n) is 7.27. The van der Waals surface area contributed by atoms with Crippen LogP contribution in [0.1, 0.15) is 38.2 Å². The quantitative estimate of drug-likeness (QED) is 0.508. The largest absolute Gasteiger partial charge is 0.497 e. The molecule has 0 aliphatic rings. The van der Waals surface area contributed by atoms with Gasteiger partial charge < -0.3 is 10.1 Å². The van der Waals surface area contributed by atoms with Crippen LogP contribution in [0.15, 0.2) is 36.9 Å². The van der Waals surface area contributed by atoms with Crippen molar-refractivity contribution in [1.29, 1.82) is 0 Å². The van der Waals surface area contributed by atoms with E-state index in [2.05, 4.69) is 31.0 Å². The molecule has 1 rings (SSSR count). The SMILES string of the molecule is C=CCCCC(CCc1ccc(OC)cc1)NCC. The second kappa shape index (κ2) is 9.62. The van der Waals surface area contributed by atoms with Crippen LogP contribution >= 0.6 is 0 Å². The molecule has 0 aromatic heterocycles.